The number of nitrogens with one attached hydrogen (secondary N) is 2. The number of carbonyl (C=O) groups excluding carboxylic acids is 1. The molecule has 128 valence electrons. The maximum atomic E-state index is 12.7. The first-order valence-electron chi connectivity index (χ1n) is 8.41. The molecule has 1 aliphatic rings. The van der Waals surface area contributed by atoms with Crippen LogP contribution in [0, 0.1) is 12.8 Å². The lowest BCUT2D eigenvalue weighted by molar-refractivity contribution is 0.0942. The Kier molecular flexibility index (Phi) is 4.11. The van der Waals surface area contributed by atoms with E-state index in [0.717, 1.165) is 24.5 Å². The van der Waals surface area contributed by atoms with Crippen molar-refractivity contribution < 1.29 is 9.21 Å². The summed E-state index contributed by atoms with van der Waals surface area (Å²) in [5.74, 6) is 1.76. The van der Waals surface area contributed by atoms with Gasteiger partial charge in [-0.3, -0.25) is 4.79 Å². The number of aryl methyl sites for hydroxylation is 1. The van der Waals surface area contributed by atoms with Gasteiger partial charge in [0.15, 0.2) is 5.76 Å². The summed E-state index contributed by atoms with van der Waals surface area (Å²) in [6.45, 7) is 4.45. The van der Waals surface area contributed by atoms with Crippen molar-refractivity contribution in [3.63, 3.8) is 0 Å². The fourth-order valence-electron chi connectivity index (χ4n) is 2.82. The number of aromatic nitrogens is 2. The number of carbonyl (C=O) groups is 1. The average Bonchev–Trinajstić information content (AvgIpc) is 3.20. The van der Waals surface area contributed by atoms with E-state index in [0.29, 0.717) is 29.5 Å². The highest BCUT2D eigenvalue weighted by Gasteiger charge is 2.23. The second-order valence-corrected chi connectivity index (χ2v) is 6.32. The minimum Gasteiger partial charge on any atom is -0.460 e. The molecule has 0 bridgehead atoms. The maximum absolute atomic E-state index is 12.7. The Bertz CT molecular complexity index is 878. The number of rotatable bonds is 5. The zero-order valence-corrected chi connectivity index (χ0v) is 14.0. The molecule has 1 aromatic carbocycles. The smallest absolute Gasteiger partial charge is 0.255 e. The number of para-hydroxylation sites is 1. The lowest BCUT2D eigenvalue weighted by Crippen LogP contribution is -2.48. The highest BCUT2D eigenvalue weighted by Crippen LogP contribution is 2.25. The quantitative estimate of drug-likeness (QED) is 0.750. The van der Waals surface area contributed by atoms with Crippen molar-refractivity contribution >= 4 is 5.91 Å². The summed E-state index contributed by atoms with van der Waals surface area (Å²) in [7, 11) is 0. The van der Waals surface area contributed by atoms with E-state index in [1.165, 1.54) is 0 Å². The minimum atomic E-state index is -0.127. The lowest BCUT2D eigenvalue weighted by Gasteiger charge is -2.26. The number of hydrogen-bond acceptors (Lipinski definition) is 4. The molecule has 1 aliphatic heterocycles. The topological polar surface area (TPSA) is 72.1 Å². The molecule has 0 radical (unpaired) electrons. The first-order chi connectivity index (χ1) is 12.2. The fourth-order valence-corrected chi connectivity index (χ4v) is 2.82. The molecule has 1 saturated heterocycles. The molecule has 0 unspecified atom stereocenters. The molecule has 6 nitrogen and oxygen atoms in total. The number of hydrogen-bond donors (Lipinski definition) is 2. The Balaban J connectivity index is 1.67. The van der Waals surface area contributed by atoms with Gasteiger partial charge in [0.2, 0.25) is 0 Å². The molecular weight excluding hydrogens is 316 g/mol. The van der Waals surface area contributed by atoms with Crippen molar-refractivity contribution in [1.82, 2.24) is 20.4 Å². The summed E-state index contributed by atoms with van der Waals surface area (Å²) in [4.78, 5) is 12.7. The normalized spacial score (nSPS) is 14.3. The monoisotopic (exact) mass is 336 g/mol. The fraction of sp³-hybridized carbons (Fsp3) is 0.263. The van der Waals surface area contributed by atoms with Gasteiger partial charge >= 0.3 is 0 Å². The standard InChI is InChI=1S/C19H20N4O2/c1-13-7-8-17(25-13)18-16(19(24)21-11-14-9-20-10-14)12-23(22-18)15-5-3-2-4-6-15/h2-8,12,14,20H,9-11H2,1H3,(H,21,24). The first kappa shape index (κ1) is 15.7. The van der Waals surface area contributed by atoms with Gasteiger partial charge in [0, 0.05) is 31.7 Å². The van der Waals surface area contributed by atoms with Crippen molar-refractivity contribution in [3.8, 4) is 17.1 Å². The van der Waals surface area contributed by atoms with Gasteiger partial charge in [-0.1, -0.05) is 18.2 Å². The van der Waals surface area contributed by atoms with Crippen molar-refractivity contribution in [2.75, 3.05) is 19.6 Å². The van der Waals surface area contributed by atoms with Crippen LogP contribution >= 0.6 is 0 Å². The van der Waals surface area contributed by atoms with Crippen LogP contribution in [0.3, 0.4) is 0 Å². The van der Waals surface area contributed by atoms with Gasteiger partial charge in [-0.05, 0) is 31.2 Å². The Morgan fingerprint density at radius 1 is 1.28 bits per heavy atom. The van der Waals surface area contributed by atoms with E-state index in [-0.39, 0.29) is 5.91 Å². The van der Waals surface area contributed by atoms with Gasteiger partial charge in [0.25, 0.3) is 5.91 Å². The summed E-state index contributed by atoms with van der Waals surface area (Å²) >= 11 is 0. The molecule has 0 saturated carbocycles. The van der Waals surface area contributed by atoms with Crippen LogP contribution < -0.4 is 10.6 Å². The third-order valence-electron chi connectivity index (χ3n) is 4.37. The van der Waals surface area contributed by atoms with E-state index in [1.54, 1.807) is 10.9 Å². The summed E-state index contributed by atoms with van der Waals surface area (Å²) in [6, 6.07) is 13.5. The number of benzene rings is 1. The molecule has 1 fully saturated rings. The van der Waals surface area contributed by atoms with Gasteiger partial charge in [-0.2, -0.15) is 5.10 Å². The van der Waals surface area contributed by atoms with Gasteiger partial charge in [0.05, 0.1) is 11.3 Å². The predicted molar refractivity (Wildman–Crippen MR) is 94.7 cm³/mol. The molecule has 3 heterocycles. The molecule has 4 rings (SSSR count). The van der Waals surface area contributed by atoms with Gasteiger partial charge in [-0.15, -0.1) is 0 Å². The second kappa shape index (κ2) is 6.57. The lowest BCUT2D eigenvalue weighted by atomic mass is 10.0. The highest BCUT2D eigenvalue weighted by molar-refractivity contribution is 5.99. The van der Waals surface area contributed by atoms with Crippen LogP contribution in [0.5, 0.6) is 0 Å². The van der Waals surface area contributed by atoms with E-state index in [9.17, 15) is 4.79 Å². The number of furan rings is 1. The van der Waals surface area contributed by atoms with Crippen molar-refractivity contribution in [2.24, 2.45) is 5.92 Å². The van der Waals surface area contributed by atoms with Crippen LogP contribution in [-0.2, 0) is 0 Å². The van der Waals surface area contributed by atoms with E-state index >= 15 is 0 Å². The molecule has 6 heteroatoms. The van der Waals surface area contributed by atoms with Gasteiger partial charge in [-0.25, -0.2) is 4.68 Å². The van der Waals surface area contributed by atoms with E-state index in [4.69, 9.17) is 4.42 Å². The van der Waals surface area contributed by atoms with Gasteiger partial charge in [0.1, 0.15) is 11.5 Å². The van der Waals surface area contributed by atoms with Crippen molar-refractivity contribution in [2.45, 2.75) is 6.92 Å². The van der Waals surface area contributed by atoms with Crippen molar-refractivity contribution in [3.05, 3.63) is 60.0 Å². The third-order valence-corrected chi connectivity index (χ3v) is 4.37. The number of amides is 1. The van der Waals surface area contributed by atoms with E-state index in [2.05, 4.69) is 15.7 Å². The molecule has 0 aliphatic carbocycles. The summed E-state index contributed by atoms with van der Waals surface area (Å²) in [5, 5.41) is 10.8. The molecule has 2 aromatic heterocycles. The van der Waals surface area contributed by atoms with Crippen LogP contribution in [-0.4, -0.2) is 35.3 Å². The zero-order chi connectivity index (χ0) is 17.2. The summed E-state index contributed by atoms with van der Waals surface area (Å²) in [5.41, 5.74) is 1.97. The van der Waals surface area contributed by atoms with E-state index in [1.807, 2.05) is 49.4 Å². The Morgan fingerprint density at radius 3 is 2.72 bits per heavy atom. The maximum Gasteiger partial charge on any atom is 0.255 e. The summed E-state index contributed by atoms with van der Waals surface area (Å²) in [6.07, 6.45) is 1.76. The Labute approximate surface area is 145 Å². The Hall–Kier alpha value is -2.86. The van der Waals surface area contributed by atoms with Crippen LogP contribution in [0.4, 0.5) is 0 Å². The SMILES string of the molecule is Cc1ccc(-c2nn(-c3ccccc3)cc2C(=O)NCC2CNC2)o1. The second-order valence-electron chi connectivity index (χ2n) is 6.32. The first-order valence-corrected chi connectivity index (χ1v) is 8.41. The van der Waals surface area contributed by atoms with Crippen LogP contribution in [0.25, 0.3) is 17.1 Å². The predicted octanol–water partition coefficient (Wildman–Crippen LogP) is 2.39. The molecule has 0 spiro atoms. The molecule has 1 amide bonds. The molecule has 2 N–H and O–H groups in total. The van der Waals surface area contributed by atoms with Crippen LogP contribution in [0.1, 0.15) is 16.1 Å². The molecule has 25 heavy (non-hydrogen) atoms. The highest BCUT2D eigenvalue weighted by atomic mass is 16.3. The largest absolute Gasteiger partial charge is 0.460 e. The van der Waals surface area contributed by atoms with Crippen LogP contribution in [0.15, 0.2) is 53.1 Å². The number of nitrogens with zero attached hydrogens (tertiary/aromatic N) is 2. The molecule has 3 aromatic rings. The molecule has 0 atom stereocenters. The van der Waals surface area contributed by atoms with E-state index < -0.39 is 0 Å². The van der Waals surface area contributed by atoms with Crippen LogP contribution in [0.2, 0.25) is 0 Å². The third kappa shape index (κ3) is 3.21. The summed E-state index contributed by atoms with van der Waals surface area (Å²) < 4.78 is 7.42. The molecular formula is C19H20N4O2. The van der Waals surface area contributed by atoms with Gasteiger partial charge < -0.3 is 15.1 Å². The average molecular weight is 336 g/mol. The zero-order valence-electron chi connectivity index (χ0n) is 14.0. The Morgan fingerprint density at radius 2 is 2.08 bits per heavy atom. The minimum absolute atomic E-state index is 0.127. The van der Waals surface area contributed by atoms with Crippen molar-refractivity contribution in [1.29, 1.82) is 0 Å².